The molecule has 0 radical (unpaired) electrons. The average molecular weight is 385 g/mol. The number of fused-ring (bicyclic) bond motifs is 5. The first-order chi connectivity index (χ1) is 14.9. The van der Waals surface area contributed by atoms with Crippen LogP contribution in [0.2, 0.25) is 0 Å². The Morgan fingerprint density at radius 1 is 0.700 bits per heavy atom. The van der Waals surface area contributed by atoms with Crippen LogP contribution < -0.4 is 4.74 Å². The summed E-state index contributed by atoms with van der Waals surface area (Å²) in [5.41, 5.74) is 5.71. The Morgan fingerprint density at radius 3 is 2.60 bits per heavy atom. The third kappa shape index (κ3) is 2.06. The van der Waals surface area contributed by atoms with Gasteiger partial charge in [0.05, 0.1) is 17.5 Å². The highest BCUT2D eigenvalue weighted by molar-refractivity contribution is 6.17. The first-order valence-corrected chi connectivity index (χ1v) is 9.97. The average Bonchev–Trinajstić information content (AvgIpc) is 3.18. The van der Waals surface area contributed by atoms with E-state index in [0.717, 1.165) is 66.2 Å². The summed E-state index contributed by atoms with van der Waals surface area (Å²) in [6.07, 6.45) is 3.73. The molecule has 6 aromatic rings. The molecule has 0 unspecified atom stereocenters. The molecule has 0 atom stereocenters. The number of nitrogens with zero attached hydrogens (tertiary/aromatic N) is 1. The first-order valence-electron chi connectivity index (χ1n) is 9.97. The van der Waals surface area contributed by atoms with Crippen molar-refractivity contribution < 1.29 is 9.15 Å². The van der Waals surface area contributed by atoms with Crippen molar-refractivity contribution in [3.8, 4) is 17.0 Å². The highest BCUT2D eigenvalue weighted by Crippen LogP contribution is 2.43. The number of furan rings is 1. The maximum absolute atomic E-state index is 6.52. The second kappa shape index (κ2) is 5.71. The topological polar surface area (TPSA) is 35.3 Å². The number of hydrogen-bond acceptors (Lipinski definition) is 3. The van der Waals surface area contributed by atoms with Gasteiger partial charge in [-0.3, -0.25) is 0 Å². The van der Waals surface area contributed by atoms with Gasteiger partial charge in [0.2, 0.25) is 0 Å². The second-order valence-electron chi connectivity index (χ2n) is 7.62. The van der Waals surface area contributed by atoms with Gasteiger partial charge in [0.15, 0.2) is 0 Å². The maximum atomic E-state index is 6.52. The minimum atomic E-state index is 0.864. The Labute approximate surface area is 171 Å². The summed E-state index contributed by atoms with van der Waals surface area (Å²) in [6, 6.07) is 27.0. The van der Waals surface area contributed by atoms with E-state index in [1.54, 1.807) is 6.26 Å². The Hall–Kier alpha value is -4.11. The number of hydrogen-bond donors (Lipinski definition) is 0. The van der Waals surface area contributed by atoms with Gasteiger partial charge in [0.1, 0.15) is 16.9 Å². The standard InChI is InChI=1S/C27H15NO2/c1-2-9-22-16(5-1)11-12-23(28-22)19-8-4-7-18-21-15-17-6-3-10-24-25(17)20(13-14-29-24)27(21)30-26(18)19/h1-15H. The van der Waals surface area contributed by atoms with E-state index >= 15 is 0 Å². The molecule has 7 rings (SSSR count). The number of ether oxygens (including phenoxy) is 1. The van der Waals surface area contributed by atoms with Gasteiger partial charge in [-0.15, -0.1) is 0 Å². The van der Waals surface area contributed by atoms with E-state index in [-0.39, 0.29) is 0 Å². The Morgan fingerprint density at radius 2 is 1.60 bits per heavy atom. The van der Waals surface area contributed by atoms with Gasteiger partial charge >= 0.3 is 0 Å². The fraction of sp³-hybridized carbons (Fsp3) is 0. The fourth-order valence-electron chi connectivity index (χ4n) is 4.56. The summed E-state index contributed by atoms with van der Waals surface area (Å²) in [5, 5.41) is 5.58. The molecule has 2 aromatic heterocycles. The smallest absolute Gasteiger partial charge is 0.144 e. The molecule has 4 aromatic carbocycles. The van der Waals surface area contributed by atoms with Crippen LogP contribution in [0, 0.1) is 0 Å². The highest BCUT2D eigenvalue weighted by Gasteiger charge is 2.20. The lowest BCUT2D eigenvalue weighted by molar-refractivity contribution is 0.488. The molecule has 0 saturated carbocycles. The molecule has 140 valence electrons. The zero-order valence-electron chi connectivity index (χ0n) is 15.9. The van der Waals surface area contributed by atoms with Gasteiger partial charge in [-0.05, 0) is 41.8 Å². The molecule has 0 spiro atoms. The van der Waals surface area contributed by atoms with Crippen LogP contribution in [0.4, 0.5) is 0 Å². The largest absolute Gasteiger partial charge is 0.464 e. The van der Waals surface area contributed by atoms with Crippen LogP contribution in [0.15, 0.2) is 89.5 Å². The number of para-hydroxylation sites is 2. The van der Waals surface area contributed by atoms with Gasteiger partial charge in [-0.2, -0.15) is 0 Å². The maximum Gasteiger partial charge on any atom is 0.144 e. The van der Waals surface area contributed by atoms with E-state index < -0.39 is 0 Å². The van der Waals surface area contributed by atoms with Gasteiger partial charge in [-0.25, -0.2) is 4.98 Å². The molecule has 0 aliphatic carbocycles. The minimum absolute atomic E-state index is 0.864. The van der Waals surface area contributed by atoms with Gasteiger partial charge in [-0.1, -0.05) is 48.5 Å². The molecule has 0 amide bonds. The van der Waals surface area contributed by atoms with Gasteiger partial charge in [0, 0.05) is 32.7 Å². The van der Waals surface area contributed by atoms with Crippen molar-refractivity contribution in [2.75, 3.05) is 0 Å². The van der Waals surface area contributed by atoms with Crippen LogP contribution in [-0.2, 0) is 0 Å². The minimum Gasteiger partial charge on any atom is -0.464 e. The lowest BCUT2D eigenvalue weighted by atomic mass is 9.98. The summed E-state index contributed by atoms with van der Waals surface area (Å²) in [4.78, 5) is 4.89. The van der Waals surface area contributed by atoms with Crippen molar-refractivity contribution in [1.82, 2.24) is 4.98 Å². The summed E-state index contributed by atoms with van der Waals surface area (Å²) < 4.78 is 12.2. The summed E-state index contributed by atoms with van der Waals surface area (Å²) in [5.74, 6) is 0.865. The van der Waals surface area contributed by atoms with Crippen molar-refractivity contribution in [2.45, 2.75) is 0 Å². The molecule has 1 aliphatic rings. The Kier molecular flexibility index (Phi) is 3.00. The first kappa shape index (κ1) is 15.8. The van der Waals surface area contributed by atoms with Crippen molar-refractivity contribution in [3.63, 3.8) is 0 Å². The molecular formula is C27H15NO2. The number of rotatable bonds is 1. The van der Waals surface area contributed by atoms with Crippen LogP contribution >= 0.6 is 0 Å². The van der Waals surface area contributed by atoms with Crippen LogP contribution in [0.5, 0.6) is 5.75 Å². The van der Waals surface area contributed by atoms with E-state index in [0.29, 0.717) is 0 Å². The van der Waals surface area contributed by atoms with Crippen LogP contribution in [0.1, 0.15) is 5.56 Å². The van der Waals surface area contributed by atoms with Crippen molar-refractivity contribution in [1.29, 1.82) is 0 Å². The van der Waals surface area contributed by atoms with Crippen molar-refractivity contribution in [3.05, 3.63) is 90.7 Å². The third-order valence-corrected chi connectivity index (χ3v) is 5.93. The van der Waals surface area contributed by atoms with E-state index in [4.69, 9.17) is 14.1 Å². The molecule has 1 aliphatic heterocycles. The van der Waals surface area contributed by atoms with Crippen molar-refractivity contribution in [2.24, 2.45) is 0 Å². The summed E-state index contributed by atoms with van der Waals surface area (Å²) >= 11 is 0. The highest BCUT2D eigenvalue weighted by atomic mass is 16.5. The molecule has 0 N–H and O–H groups in total. The molecule has 3 heterocycles. The molecular weight excluding hydrogens is 370 g/mol. The van der Waals surface area contributed by atoms with E-state index in [2.05, 4.69) is 48.5 Å². The van der Waals surface area contributed by atoms with E-state index in [9.17, 15) is 0 Å². The molecule has 3 nitrogen and oxygen atoms in total. The van der Waals surface area contributed by atoms with E-state index in [1.807, 2.05) is 36.4 Å². The zero-order chi connectivity index (χ0) is 19.7. The predicted molar refractivity (Wildman–Crippen MR) is 122 cm³/mol. The monoisotopic (exact) mass is 385 g/mol. The summed E-state index contributed by atoms with van der Waals surface area (Å²) in [6.45, 7) is 0. The third-order valence-electron chi connectivity index (χ3n) is 5.93. The predicted octanol–water partition coefficient (Wildman–Crippen LogP) is 7.32. The molecule has 3 heteroatoms. The Balaban J connectivity index is 1.59. The molecule has 30 heavy (non-hydrogen) atoms. The lowest BCUT2D eigenvalue weighted by Crippen LogP contribution is -1.92. The van der Waals surface area contributed by atoms with Crippen molar-refractivity contribution >= 4 is 49.7 Å². The number of pyridine rings is 1. The normalized spacial score (nSPS) is 12.8. The fourth-order valence-corrected chi connectivity index (χ4v) is 4.56. The Bertz CT molecular complexity index is 1670. The molecule has 0 bridgehead atoms. The number of aromatic nitrogens is 1. The number of benzene rings is 4. The summed E-state index contributed by atoms with van der Waals surface area (Å²) in [7, 11) is 0. The lowest BCUT2D eigenvalue weighted by Gasteiger charge is -2.13. The SMILES string of the molecule is C1=Cc2c3oc4c(-c5ccc6ccccc6n5)cccc4c3cc3cccc(c23)O1. The molecule has 0 saturated heterocycles. The molecule has 0 fully saturated rings. The second-order valence-corrected chi connectivity index (χ2v) is 7.62. The van der Waals surface area contributed by atoms with E-state index in [1.165, 1.54) is 0 Å². The van der Waals surface area contributed by atoms with Crippen LogP contribution in [-0.4, -0.2) is 4.98 Å². The van der Waals surface area contributed by atoms with Gasteiger partial charge in [0.25, 0.3) is 0 Å². The zero-order valence-corrected chi connectivity index (χ0v) is 15.9. The quantitative estimate of drug-likeness (QED) is 0.297. The van der Waals surface area contributed by atoms with Gasteiger partial charge < -0.3 is 9.15 Å². The van der Waals surface area contributed by atoms with Crippen LogP contribution in [0.3, 0.4) is 0 Å². The van der Waals surface area contributed by atoms with Crippen LogP contribution in [0.25, 0.3) is 60.9 Å².